The second kappa shape index (κ2) is 8.08. The molecule has 27 heavy (non-hydrogen) atoms. The number of nitrogens with one attached hydrogen (secondary N) is 1. The minimum Gasteiger partial charge on any atom is -0.367 e. The van der Waals surface area contributed by atoms with Crippen LogP contribution in [-0.2, 0) is 16.3 Å². The lowest BCUT2D eigenvalue weighted by molar-refractivity contribution is 0.102. The molecule has 3 rings (SSSR count). The Labute approximate surface area is 160 Å². The van der Waals surface area contributed by atoms with Crippen LogP contribution in [0.1, 0.15) is 36.3 Å². The molecule has 0 saturated carbocycles. The first kappa shape index (κ1) is 19.4. The van der Waals surface area contributed by atoms with Crippen molar-refractivity contribution < 1.29 is 13.2 Å². The van der Waals surface area contributed by atoms with Crippen LogP contribution in [0.5, 0.6) is 0 Å². The largest absolute Gasteiger partial charge is 0.367 e. The Hall–Kier alpha value is -2.41. The number of aromatic nitrogens is 1. The van der Waals surface area contributed by atoms with Gasteiger partial charge < -0.3 is 10.2 Å². The number of sulfone groups is 1. The minimum atomic E-state index is -2.95. The maximum atomic E-state index is 12.4. The third-order valence-corrected chi connectivity index (χ3v) is 6.67. The molecule has 7 heteroatoms. The summed E-state index contributed by atoms with van der Waals surface area (Å²) in [6.45, 7) is 4.77. The maximum Gasteiger partial charge on any atom is 0.274 e. The minimum absolute atomic E-state index is 0.0291. The van der Waals surface area contributed by atoms with Crippen molar-refractivity contribution in [2.75, 3.05) is 28.3 Å². The highest BCUT2D eigenvalue weighted by molar-refractivity contribution is 7.91. The predicted molar refractivity (Wildman–Crippen MR) is 108 cm³/mol. The molecule has 1 fully saturated rings. The number of aryl methyl sites for hydroxylation is 1. The van der Waals surface area contributed by atoms with Crippen molar-refractivity contribution in [1.29, 1.82) is 0 Å². The SMILES string of the molecule is CCc1ccc(NC(=O)c2ccc(N(CC)C3CCS(=O)(=O)C3)cn2)cc1. The van der Waals surface area contributed by atoms with Gasteiger partial charge in [-0.2, -0.15) is 0 Å². The number of carbonyl (C=O) groups excluding carboxylic acids is 1. The van der Waals surface area contributed by atoms with Gasteiger partial charge in [-0.05, 0) is 49.6 Å². The van der Waals surface area contributed by atoms with Crippen LogP contribution in [0.25, 0.3) is 0 Å². The molecule has 0 spiro atoms. The summed E-state index contributed by atoms with van der Waals surface area (Å²) in [6.07, 6.45) is 3.23. The van der Waals surface area contributed by atoms with Crippen molar-refractivity contribution in [3.05, 3.63) is 53.9 Å². The molecule has 2 heterocycles. The predicted octanol–water partition coefficient (Wildman–Crippen LogP) is 2.91. The van der Waals surface area contributed by atoms with E-state index in [0.29, 0.717) is 18.7 Å². The average Bonchev–Trinajstić information content (AvgIpc) is 3.03. The number of rotatable bonds is 6. The van der Waals surface area contributed by atoms with E-state index >= 15 is 0 Å². The third kappa shape index (κ3) is 4.66. The average molecular weight is 388 g/mol. The van der Waals surface area contributed by atoms with Crippen LogP contribution >= 0.6 is 0 Å². The Morgan fingerprint density at radius 2 is 1.93 bits per heavy atom. The van der Waals surface area contributed by atoms with Crippen LogP contribution in [0.2, 0.25) is 0 Å². The highest BCUT2D eigenvalue weighted by Crippen LogP contribution is 2.24. The number of benzene rings is 1. The molecule has 1 amide bonds. The van der Waals surface area contributed by atoms with Gasteiger partial charge in [-0.3, -0.25) is 4.79 Å². The Kier molecular flexibility index (Phi) is 5.79. The second-order valence-corrected chi connectivity index (χ2v) is 8.98. The first-order chi connectivity index (χ1) is 12.9. The van der Waals surface area contributed by atoms with Crippen LogP contribution in [0.3, 0.4) is 0 Å². The lowest BCUT2D eigenvalue weighted by Gasteiger charge is -2.28. The van der Waals surface area contributed by atoms with E-state index in [1.54, 1.807) is 12.3 Å². The normalized spacial score (nSPS) is 18.2. The first-order valence-electron chi connectivity index (χ1n) is 9.25. The van der Waals surface area contributed by atoms with Crippen molar-refractivity contribution >= 4 is 27.1 Å². The van der Waals surface area contributed by atoms with Crippen LogP contribution in [0, 0.1) is 0 Å². The number of nitrogens with zero attached hydrogens (tertiary/aromatic N) is 2. The Morgan fingerprint density at radius 1 is 1.19 bits per heavy atom. The van der Waals surface area contributed by atoms with E-state index in [0.717, 1.165) is 17.8 Å². The molecule has 6 nitrogen and oxygen atoms in total. The summed E-state index contributed by atoms with van der Waals surface area (Å²) < 4.78 is 23.5. The Bertz CT molecular complexity index is 893. The van der Waals surface area contributed by atoms with Crippen LogP contribution in [0.15, 0.2) is 42.6 Å². The highest BCUT2D eigenvalue weighted by Gasteiger charge is 2.32. The van der Waals surface area contributed by atoms with Gasteiger partial charge in [-0.25, -0.2) is 13.4 Å². The second-order valence-electron chi connectivity index (χ2n) is 6.75. The molecule has 1 atom stereocenters. The molecular weight excluding hydrogens is 362 g/mol. The quantitative estimate of drug-likeness (QED) is 0.824. The molecule has 2 aromatic rings. The van der Waals surface area contributed by atoms with E-state index in [9.17, 15) is 13.2 Å². The summed E-state index contributed by atoms with van der Waals surface area (Å²) >= 11 is 0. The molecule has 1 aromatic heterocycles. The van der Waals surface area contributed by atoms with Crippen molar-refractivity contribution in [2.45, 2.75) is 32.7 Å². The van der Waals surface area contributed by atoms with E-state index in [4.69, 9.17) is 0 Å². The smallest absolute Gasteiger partial charge is 0.274 e. The van der Waals surface area contributed by atoms with Gasteiger partial charge in [-0.15, -0.1) is 0 Å². The lowest BCUT2D eigenvalue weighted by atomic mass is 10.1. The molecule has 0 radical (unpaired) electrons. The van der Waals surface area contributed by atoms with Crippen molar-refractivity contribution in [2.24, 2.45) is 0 Å². The van der Waals surface area contributed by atoms with Gasteiger partial charge in [-0.1, -0.05) is 19.1 Å². The summed E-state index contributed by atoms with van der Waals surface area (Å²) in [5.41, 5.74) is 3.11. The number of pyridine rings is 1. The number of amides is 1. The van der Waals surface area contributed by atoms with Gasteiger partial charge >= 0.3 is 0 Å². The fourth-order valence-corrected chi connectivity index (χ4v) is 5.11. The fraction of sp³-hybridized carbons (Fsp3) is 0.400. The van der Waals surface area contributed by atoms with Gasteiger partial charge in [0.1, 0.15) is 5.69 Å². The maximum absolute atomic E-state index is 12.4. The number of carbonyl (C=O) groups is 1. The van der Waals surface area contributed by atoms with Gasteiger partial charge in [0.15, 0.2) is 9.84 Å². The number of hydrogen-bond acceptors (Lipinski definition) is 5. The number of hydrogen-bond donors (Lipinski definition) is 1. The van der Waals surface area contributed by atoms with Crippen LogP contribution < -0.4 is 10.2 Å². The fourth-order valence-electron chi connectivity index (χ4n) is 3.38. The Morgan fingerprint density at radius 3 is 2.44 bits per heavy atom. The van der Waals surface area contributed by atoms with Crippen LogP contribution in [0.4, 0.5) is 11.4 Å². The van der Waals surface area contributed by atoms with Gasteiger partial charge in [0, 0.05) is 18.3 Å². The molecule has 1 aliphatic heterocycles. The first-order valence-corrected chi connectivity index (χ1v) is 11.1. The molecule has 144 valence electrons. The molecule has 1 N–H and O–H groups in total. The summed E-state index contributed by atoms with van der Waals surface area (Å²) in [6, 6.07) is 11.2. The zero-order valence-corrected chi connectivity index (χ0v) is 16.5. The van der Waals surface area contributed by atoms with E-state index in [-0.39, 0.29) is 23.5 Å². The van der Waals surface area contributed by atoms with Crippen molar-refractivity contribution in [1.82, 2.24) is 4.98 Å². The van der Waals surface area contributed by atoms with Gasteiger partial charge in [0.05, 0.1) is 23.4 Å². The molecule has 1 aliphatic rings. The van der Waals surface area contributed by atoms with E-state index in [1.807, 2.05) is 42.2 Å². The third-order valence-electron chi connectivity index (χ3n) is 4.92. The molecule has 1 aromatic carbocycles. The van der Waals surface area contributed by atoms with Gasteiger partial charge in [0.2, 0.25) is 0 Å². The molecule has 0 bridgehead atoms. The van der Waals surface area contributed by atoms with E-state index in [1.165, 1.54) is 5.56 Å². The summed E-state index contributed by atoms with van der Waals surface area (Å²) in [4.78, 5) is 18.7. The topological polar surface area (TPSA) is 79.4 Å². The van der Waals surface area contributed by atoms with Gasteiger partial charge in [0.25, 0.3) is 5.91 Å². The summed E-state index contributed by atoms with van der Waals surface area (Å²) in [5, 5.41) is 2.84. The summed E-state index contributed by atoms with van der Waals surface area (Å²) in [7, 11) is -2.95. The molecule has 0 aliphatic carbocycles. The zero-order chi connectivity index (χ0) is 19.4. The molecular formula is C20H25N3O3S. The van der Waals surface area contributed by atoms with Crippen molar-refractivity contribution in [3.63, 3.8) is 0 Å². The molecule has 1 unspecified atom stereocenters. The standard InChI is InChI=1S/C20H25N3O3S/c1-3-15-5-7-16(8-6-15)22-20(24)19-10-9-17(13-21-19)23(4-2)18-11-12-27(25,26)14-18/h5-10,13,18H,3-4,11-12,14H2,1-2H3,(H,22,24). The van der Waals surface area contributed by atoms with Crippen molar-refractivity contribution in [3.8, 4) is 0 Å². The zero-order valence-electron chi connectivity index (χ0n) is 15.7. The lowest BCUT2D eigenvalue weighted by Crippen LogP contribution is -2.36. The van der Waals surface area contributed by atoms with Crippen LogP contribution in [-0.4, -0.2) is 43.4 Å². The van der Waals surface area contributed by atoms with E-state index in [2.05, 4.69) is 17.2 Å². The monoisotopic (exact) mass is 387 g/mol. The molecule has 1 saturated heterocycles. The number of anilines is 2. The van der Waals surface area contributed by atoms with E-state index < -0.39 is 9.84 Å². The Balaban J connectivity index is 1.69. The highest BCUT2D eigenvalue weighted by atomic mass is 32.2. The summed E-state index contributed by atoms with van der Waals surface area (Å²) in [5.74, 6) is 0.146.